The summed E-state index contributed by atoms with van der Waals surface area (Å²) in [7, 11) is 6.68. The van der Waals surface area contributed by atoms with Gasteiger partial charge < -0.3 is 25.0 Å². The first-order chi connectivity index (χ1) is 13.5. The van der Waals surface area contributed by atoms with Crippen molar-refractivity contribution in [1.82, 2.24) is 10.2 Å². The van der Waals surface area contributed by atoms with E-state index in [0.29, 0.717) is 29.7 Å². The molecule has 0 aliphatic heterocycles. The Morgan fingerprint density at radius 2 is 1.93 bits per heavy atom. The van der Waals surface area contributed by atoms with Gasteiger partial charge in [-0.05, 0) is 30.3 Å². The average molecular weight is 516 g/mol. The van der Waals surface area contributed by atoms with Crippen molar-refractivity contribution in [3.8, 4) is 11.5 Å². The Hall–Kier alpha value is -2.56. The summed E-state index contributed by atoms with van der Waals surface area (Å²) >= 11 is 0. The van der Waals surface area contributed by atoms with Crippen LogP contribution in [-0.2, 0) is 11.3 Å². The fourth-order valence-electron chi connectivity index (χ4n) is 2.63. The van der Waals surface area contributed by atoms with E-state index in [1.165, 1.54) is 18.2 Å². The maximum Gasteiger partial charge on any atom is 0.243 e. The van der Waals surface area contributed by atoms with E-state index in [4.69, 9.17) is 9.47 Å². The zero-order valence-electron chi connectivity index (χ0n) is 16.9. The van der Waals surface area contributed by atoms with Crippen LogP contribution >= 0.6 is 24.0 Å². The van der Waals surface area contributed by atoms with Crippen LogP contribution in [0.2, 0.25) is 0 Å². The van der Waals surface area contributed by atoms with E-state index in [1.807, 2.05) is 30.1 Å². The number of hydrogen-bond donors (Lipinski definition) is 2. The van der Waals surface area contributed by atoms with Crippen LogP contribution in [0.3, 0.4) is 0 Å². The molecule has 2 aromatic carbocycles. The number of nitrogens with one attached hydrogen (secondary N) is 2. The van der Waals surface area contributed by atoms with Crippen molar-refractivity contribution in [2.24, 2.45) is 4.99 Å². The van der Waals surface area contributed by atoms with E-state index in [9.17, 15) is 9.18 Å². The van der Waals surface area contributed by atoms with Gasteiger partial charge in [0.15, 0.2) is 5.96 Å². The molecule has 0 unspecified atom stereocenters. The molecule has 2 N–H and O–H groups in total. The van der Waals surface area contributed by atoms with Crippen LogP contribution in [0.4, 0.5) is 10.1 Å². The Labute approximate surface area is 187 Å². The molecule has 0 bridgehead atoms. The summed E-state index contributed by atoms with van der Waals surface area (Å²) in [6.07, 6.45) is 0. The number of nitrogens with zero attached hydrogens (tertiary/aromatic N) is 2. The van der Waals surface area contributed by atoms with Crippen LogP contribution in [0, 0.1) is 5.82 Å². The number of ether oxygens (including phenoxy) is 2. The largest absolute Gasteiger partial charge is 0.497 e. The molecule has 9 heteroatoms. The van der Waals surface area contributed by atoms with Gasteiger partial charge >= 0.3 is 0 Å². The number of halogens is 2. The van der Waals surface area contributed by atoms with Crippen LogP contribution in [0.1, 0.15) is 5.56 Å². The monoisotopic (exact) mass is 516 g/mol. The number of aliphatic imine (C=N–C) groups is 1. The van der Waals surface area contributed by atoms with Gasteiger partial charge in [0.05, 0.1) is 20.8 Å². The van der Waals surface area contributed by atoms with Gasteiger partial charge in [-0.1, -0.05) is 6.07 Å². The first kappa shape index (κ1) is 24.5. The van der Waals surface area contributed by atoms with Crippen LogP contribution in [0.15, 0.2) is 47.5 Å². The van der Waals surface area contributed by atoms with E-state index >= 15 is 0 Å². The second-order valence-corrected chi connectivity index (χ2v) is 5.99. The number of carbonyl (C=O) groups excluding carboxylic acids is 1. The predicted octanol–water partition coefficient (Wildman–Crippen LogP) is 3.11. The van der Waals surface area contributed by atoms with E-state index in [2.05, 4.69) is 15.6 Å². The Morgan fingerprint density at radius 1 is 1.17 bits per heavy atom. The minimum absolute atomic E-state index is 0. The lowest BCUT2D eigenvalue weighted by Gasteiger charge is -2.23. The number of rotatable bonds is 7. The summed E-state index contributed by atoms with van der Waals surface area (Å²) in [6.45, 7) is 0.506. The van der Waals surface area contributed by atoms with Crippen molar-refractivity contribution in [3.63, 3.8) is 0 Å². The molecule has 0 saturated heterocycles. The third-order valence-electron chi connectivity index (χ3n) is 3.99. The van der Waals surface area contributed by atoms with Gasteiger partial charge in [-0.15, -0.1) is 24.0 Å². The minimum Gasteiger partial charge on any atom is -0.497 e. The van der Waals surface area contributed by atoms with Gasteiger partial charge in [-0.25, -0.2) is 4.39 Å². The van der Waals surface area contributed by atoms with Gasteiger partial charge in [0.25, 0.3) is 0 Å². The lowest BCUT2D eigenvalue weighted by atomic mass is 10.2. The molecule has 0 aliphatic rings. The van der Waals surface area contributed by atoms with Crippen molar-refractivity contribution in [2.75, 3.05) is 40.2 Å². The summed E-state index contributed by atoms with van der Waals surface area (Å²) < 4.78 is 23.8. The molecule has 0 spiro atoms. The molecule has 0 aliphatic carbocycles. The van der Waals surface area contributed by atoms with Crippen LogP contribution in [0.5, 0.6) is 11.5 Å². The highest BCUT2D eigenvalue weighted by atomic mass is 127. The number of carbonyl (C=O) groups is 1. The van der Waals surface area contributed by atoms with Crippen LogP contribution in [-0.4, -0.2) is 51.6 Å². The van der Waals surface area contributed by atoms with Crippen LogP contribution < -0.4 is 20.1 Å². The van der Waals surface area contributed by atoms with Crippen molar-refractivity contribution in [1.29, 1.82) is 0 Å². The van der Waals surface area contributed by atoms with Crippen LogP contribution in [0.25, 0.3) is 0 Å². The summed E-state index contributed by atoms with van der Waals surface area (Å²) in [4.78, 5) is 18.1. The first-order valence-electron chi connectivity index (χ1n) is 8.65. The topological polar surface area (TPSA) is 75.2 Å². The smallest absolute Gasteiger partial charge is 0.243 e. The Bertz CT molecular complexity index is 848. The maximum absolute atomic E-state index is 13.2. The third-order valence-corrected chi connectivity index (χ3v) is 3.99. The SMILES string of the molecule is CN=C(NCC(=O)Nc1cccc(F)c1)N(C)Cc1ccc(OC)cc1OC.I. The predicted molar refractivity (Wildman–Crippen MR) is 123 cm³/mol. The Balaban J connectivity index is 0.00000420. The minimum atomic E-state index is -0.408. The van der Waals surface area contributed by atoms with E-state index < -0.39 is 5.82 Å². The second kappa shape index (κ2) is 12.1. The van der Waals surface area contributed by atoms with Gasteiger partial charge in [0.2, 0.25) is 5.91 Å². The molecule has 0 atom stereocenters. The highest BCUT2D eigenvalue weighted by molar-refractivity contribution is 14.0. The lowest BCUT2D eigenvalue weighted by molar-refractivity contribution is -0.115. The molecular weight excluding hydrogens is 490 g/mol. The molecule has 0 radical (unpaired) electrons. The van der Waals surface area contributed by atoms with Gasteiger partial charge in [-0.3, -0.25) is 9.79 Å². The molecule has 0 heterocycles. The molecule has 0 fully saturated rings. The van der Waals surface area contributed by atoms with Crippen molar-refractivity contribution >= 4 is 41.5 Å². The molecule has 2 rings (SSSR count). The molecule has 7 nitrogen and oxygen atoms in total. The maximum atomic E-state index is 13.2. The van der Waals surface area contributed by atoms with E-state index in [0.717, 1.165) is 5.56 Å². The Kier molecular flexibility index (Phi) is 10.2. The quantitative estimate of drug-likeness (QED) is 0.336. The molecule has 0 aromatic heterocycles. The molecule has 29 heavy (non-hydrogen) atoms. The highest BCUT2D eigenvalue weighted by Crippen LogP contribution is 2.25. The summed E-state index contributed by atoms with van der Waals surface area (Å²) in [6, 6.07) is 11.3. The number of benzene rings is 2. The number of amides is 1. The third kappa shape index (κ3) is 7.41. The molecule has 158 valence electrons. The summed E-state index contributed by atoms with van der Waals surface area (Å²) in [5, 5.41) is 5.62. The summed E-state index contributed by atoms with van der Waals surface area (Å²) in [5.74, 6) is 1.23. The first-order valence-corrected chi connectivity index (χ1v) is 8.65. The summed E-state index contributed by atoms with van der Waals surface area (Å²) in [5.41, 5.74) is 1.34. The zero-order valence-corrected chi connectivity index (χ0v) is 19.2. The molecule has 1 amide bonds. The number of methoxy groups -OCH3 is 2. The average Bonchev–Trinajstić information content (AvgIpc) is 2.68. The van der Waals surface area contributed by atoms with E-state index in [1.54, 1.807) is 27.3 Å². The Morgan fingerprint density at radius 3 is 2.55 bits per heavy atom. The normalized spacial score (nSPS) is 10.6. The van der Waals surface area contributed by atoms with Crippen molar-refractivity contribution in [2.45, 2.75) is 6.54 Å². The number of hydrogen-bond acceptors (Lipinski definition) is 4. The van der Waals surface area contributed by atoms with E-state index in [-0.39, 0.29) is 36.4 Å². The van der Waals surface area contributed by atoms with Crippen molar-refractivity contribution in [3.05, 3.63) is 53.8 Å². The molecule has 0 saturated carbocycles. The number of anilines is 1. The fraction of sp³-hybridized carbons (Fsp3) is 0.300. The zero-order chi connectivity index (χ0) is 20.5. The standard InChI is InChI=1S/C20H25FN4O3.HI/c1-22-20(23-12-19(26)24-16-7-5-6-15(21)10-16)25(2)13-14-8-9-17(27-3)11-18(14)28-4;/h5-11H,12-13H2,1-4H3,(H,22,23)(H,24,26);1H. The fourth-order valence-corrected chi connectivity index (χ4v) is 2.63. The number of guanidine groups is 1. The van der Waals surface area contributed by atoms with Gasteiger partial charge in [0, 0.05) is 38.0 Å². The molecule has 2 aromatic rings. The second-order valence-electron chi connectivity index (χ2n) is 5.99. The van der Waals surface area contributed by atoms with Gasteiger partial charge in [0.1, 0.15) is 17.3 Å². The lowest BCUT2D eigenvalue weighted by Crippen LogP contribution is -2.42. The van der Waals surface area contributed by atoms with Crippen molar-refractivity contribution < 1.29 is 18.7 Å². The molecular formula is C20H26FIN4O3. The van der Waals surface area contributed by atoms with Gasteiger partial charge in [-0.2, -0.15) is 0 Å². The highest BCUT2D eigenvalue weighted by Gasteiger charge is 2.12.